The molecule has 0 radical (unpaired) electrons. The van der Waals surface area contributed by atoms with Crippen molar-refractivity contribution in [2.75, 3.05) is 37.8 Å². The number of ether oxygens (including phenoxy) is 2. The van der Waals surface area contributed by atoms with Crippen LogP contribution in [0.15, 0.2) is 48.5 Å². The standard InChI is InChI=1S/C23H25ClN2O3S/c24-19-6-7-20-21(16-19)30-23(25-20)26-11-8-17(9-12-26)10-13-28-14-15-29-22(27)18-4-2-1-3-5-18/h1-7,16-17H,8-15H2. The van der Waals surface area contributed by atoms with E-state index in [0.717, 1.165) is 52.7 Å². The normalized spacial score (nSPS) is 14.9. The number of piperidine rings is 1. The summed E-state index contributed by atoms with van der Waals surface area (Å²) in [6.45, 7) is 3.46. The zero-order valence-electron chi connectivity index (χ0n) is 16.8. The zero-order valence-corrected chi connectivity index (χ0v) is 18.3. The second-order valence-electron chi connectivity index (χ2n) is 7.44. The molecule has 0 N–H and O–H groups in total. The van der Waals surface area contributed by atoms with Gasteiger partial charge in [-0.05, 0) is 55.5 Å². The van der Waals surface area contributed by atoms with Gasteiger partial charge >= 0.3 is 5.97 Å². The van der Waals surface area contributed by atoms with Crippen molar-refractivity contribution in [3.8, 4) is 0 Å². The number of esters is 1. The van der Waals surface area contributed by atoms with Crippen molar-refractivity contribution < 1.29 is 14.3 Å². The number of fused-ring (bicyclic) bond motifs is 1. The van der Waals surface area contributed by atoms with Crippen molar-refractivity contribution >= 4 is 44.3 Å². The highest BCUT2D eigenvalue weighted by Crippen LogP contribution is 2.33. The van der Waals surface area contributed by atoms with Crippen LogP contribution >= 0.6 is 22.9 Å². The quantitative estimate of drug-likeness (QED) is 0.342. The molecule has 30 heavy (non-hydrogen) atoms. The van der Waals surface area contributed by atoms with Crippen molar-refractivity contribution in [2.45, 2.75) is 19.3 Å². The van der Waals surface area contributed by atoms with Crippen LogP contribution in [0.4, 0.5) is 5.13 Å². The van der Waals surface area contributed by atoms with E-state index in [1.54, 1.807) is 23.5 Å². The number of carbonyl (C=O) groups excluding carboxylic acids is 1. The average molecular weight is 445 g/mol. The smallest absolute Gasteiger partial charge is 0.338 e. The van der Waals surface area contributed by atoms with E-state index in [-0.39, 0.29) is 12.6 Å². The minimum absolute atomic E-state index is 0.286. The van der Waals surface area contributed by atoms with Gasteiger partial charge in [-0.15, -0.1) is 0 Å². The second-order valence-corrected chi connectivity index (χ2v) is 8.89. The van der Waals surface area contributed by atoms with E-state index in [0.29, 0.717) is 24.7 Å². The van der Waals surface area contributed by atoms with Gasteiger partial charge < -0.3 is 14.4 Å². The summed E-state index contributed by atoms with van der Waals surface area (Å²) in [6.07, 6.45) is 3.32. The molecule has 0 saturated carbocycles. The molecular weight excluding hydrogens is 420 g/mol. The maximum atomic E-state index is 11.9. The zero-order chi connectivity index (χ0) is 20.8. The van der Waals surface area contributed by atoms with Crippen LogP contribution in [-0.2, 0) is 9.47 Å². The molecule has 158 valence electrons. The number of halogens is 1. The van der Waals surface area contributed by atoms with Gasteiger partial charge in [-0.2, -0.15) is 0 Å². The summed E-state index contributed by atoms with van der Waals surface area (Å²) in [5.41, 5.74) is 1.59. The lowest BCUT2D eigenvalue weighted by Gasteiger charge is -2.31. The maximum Gasteiger partial charge on any atom is 0.338 e. The summed E-state index contributed by atoms with van der Waals surface area (Å²) >= 11 is 7.80. The topological polar surface area (TPSA) is 51.7 Å². The Morgan fingerprint density at radius 2 is 1.90 bits per heavy atom. The Morgan fingerprint density at radius 1 is 1.10 bits per heavy atom. The van der Waals surface area contributed by atoms with E-state index in [1.807, 2.05) is 36.4 Å². The van der Waals surface area contributed by atoms with E-state index >= 15 is 0 Å². The van der Waals surface area contributed by atoms with Gasteiger partial charge in [0.05, 0.1) is 22.4 Å². The second kappa shape index (κ2) is 10.2. The van der Waals surface area contributed by atoms with Crippen molar-refractivity contribution in [2.24, 2.45) is 5.92 Å². The number of hydrogen-bond donors (Lipinski definition) is 0. The van der Waals surface area contributed by atoms with Gasteiger partial charge in [0, 0.05) is 24.7 Å². The summed E-state index contributed by atoms with van der Waals surface area (Å²) in [6, 6.07) is 14.9. The van der Waals surface area contributed by atoms with Crippen LogP contribution in [0.1, 0.15) is 29.6 Å². The molecular formula is C23H25ClN2O3S. The fourth-order valence-corrected chi connectivity index (χ4v) is 4.93. The number of anilines is 1. The molecule has 3 aromatic rings. The van der Waals surface area contributed by atoms with Crippen molar-refractivity contribution in [3.63, 3.8) is 0 Å². The Balaban J connectivity index is 1.12. The van der Waals surface area contributed by atoms with Crippen LogP contribution in [0, 0.1) is 5.92 Å². The summed E-state index contributed by atoms with van der Waals surface area (Å²) in [5.74, 6) is 0.362. The Hall–Kier alpha value is -2.15. The lowest BCUT2D eigenvalue weighted by molar-refractivity contribution is 0.0295. The number of hydrogen-bond acceptors (Lipinski definition) is 6. The first-order valence-corrected chi connectivity index (χ1v) is 11.5. The largest absolute Gasteiger partial charge is 0.460 e. The Kier molecular flexibility index (Phi) is 7.20. The third-order valence-corrected chi connectivity index (χ3v) is 6.68. The van der Waals surface area contributed by atoms with E-state index in [9.17, 15) is 4.79 Å². The molecule has 5 nitrogen and oxygen atoms in total. The van der Waals surface area contributed by atoms with Crippen LogP contribution in [0.2, 0.25) is 5.02 Å². The fourth-order valence-electron chi connectivity index (χ4n) is 3.64. The van der Waals surface area contributed by atoms with Gasteiger partial charge in [-0.25, -0.2) is 9.78 Å². The molecule has 0 aliphatic carbocycles. The minimum atomic E-state index is -0.302. The Bertz CT molecular complexity index is 971. The molecule has 1 saturated heterocycles. The van der Waals surface area contributed by atoms with E-state index in [4.69, 9.17) is 26.1 Å². The summed E-state index contributed by atoms with van der Waals surface area (Å²) < 4.78 is 12.0. The third-order valence-electron chi connectivity index (χ3n) is 5.37. The van der Waals surface area contributed by atoms with Crippen LogP contribution in [-0.4, -0.2) is 43.9 Å². The fraction of sp³-hybridized carbons (Fsp3) is 0.391. The number of nitrogens with zero attached hydrogens (tertiary/aromatic N) is 2. The highest BCUT2D eigenvalue weighted by molar-refractivity contribution is 7.22. The molecule has 0 unspecified atom stereocenters. The molecule has 1 aliphatic heterocycles. The first-order chi connectivity index (χ1) is 14.7. The predicted octanol–water partition coefficient (Wildman–Crippen LogP) is 5.43. The molecule has 0 bridgehead atoms. The number of aromatic nitrogens is 1. The predicted molar refractivity (Wildman–Crippen MR) is 122 cm³/mol. The van der Waals surface area contributed by atoms with Crippen LogP contribution in [0.25, 0.3) is 10.2 Å². The van der Waals surface area contributed by atoms with E-state index in [1.165, 1.54) is 0 Å². The van der Waals surface area contributed by atoms with Gasteiger partial charge in [-0.1, -0.05) is 41.1 Å². The third kappa shape index (κ3) is 5.50. The number of benzene rings is 2. The summed E-state index contributed by atoms with van der Waals surface area (Å²) in [7, 11) is 0. The lowest BCUT2D eigenvalue weighted by Crippen LogP contribution is -2.33. The summed E-state index contributed by atoms with van der Waals surface area (Å²) in [5, 5.41) is 1.84. The molecule has 4 rings (SSSR count). The highest BCUT2D eigenvalue weighted by Gasteiger charge is 2.21. The van der Waals surface area contributed by atoms with Crippen LogP contribution in [0.5, 0.6) is 0 Å². The SMILES string of the molecule is O=C(OCCOCCC1CCN(c2nc3ccc(Cl)cc3s2)CC1)c1ccccc1. The highest BCUT2D eigenvalue weighted by atomic mass is 35.5. The van der Waals surface area contributed by atoms with Crippen LogP contribution in [0.3, 0.4) is 0 Å². The van der Waals surface area contributed by atoms with Crippen molar-refractivity contribution in [1.82, 2.24) is 4.98 Å². The van der Waals surface area contributed by atoms with Crippen molar-refractivity contribution in [3.05, 3.63) is 59.1 Å². The lowest BCUT2D eigenvalue weighted by atomic mass is 9.94. The number of carbonyl (C=O) groups is 1. The molecule has 2 heterocycles. The molecule has 1 fully saturated rings. The molecule has 1 aromatic heterocycles. The van der Waals surface area contributed by atoms with Gasteiger partial charge in [0.1, 0.15) is 6.61 Å². The average Bonchev–Trinajstić information content (AvgIpc) is 3.20. The first-order valence-electron chi connectivity index (χ1n) is 10.3. The van der Waals surface area contributed by atoms with Gasteiger partial charge in [0.15, 0.2) is 5.13 Å². The Morgan fingerprint density at radius 3 is 2.70 bits per heavy atom. The minimum Gasteiger partial charge on any atom is -0.460 e. The molecule has 0 amide bonds. The van der Waals surface area contributed by atoms with E-state index < -0.39 is 0 Å². The molecule has 1 aliphatic rings. The maximum absolute atomic E-state index is 11.9. The van der Waals surface area contributed by atoms with Crippen LogP contribution < -0.4 is 4.90 Å². The van der Waals surface area contributed by atoms with Crippen molar-refractivity contribution in [1.29, 1.82) is 0 Å². The van der Waals surface area contributed by atoms with Gasteiger partial charge in [0.2, 0.25) is 0 Å². The molecule has 0 atom stereocenters. The monoisotopic (exact) mass is 444 g/mol. The first kappa shape index (κ1) is 21.1. The van der Waals surface area contributed by atoms with Gasteiger partial charge in [0.25, 0.3) is 0 Å². The van der Waals surface area contributed by atoms with Gasteiger partial charge in [-0.3, -0.25) is 0 Å². The number of rotatable bonds is 8. The van der Waals surface area contributed by atoms with E-state index in [2.05, 4.69) is 4.90 Å². The number of thiazole rings is 1. The summed E-state index contributed by atoms with van der Waals surface area (Å²) in [4.78, 5) is 19.0. The molecule has 7 heteroatoms. The molecule has 2 aromatic carbocycles. The molecule has 0 spiro atoms. The Labute approximate surface area is 185 Å².